The number of hydrogen-bond acceptors (Lipinski definition) is 2. The number of carbonyl (C=O) groups excluding carboxylic acids is 1. The summed E-state index contributed by atoms with van der Waals surface area (Å²) in [5.74, 6) is 0. The molecule has 0 spiro atoms. The zero-order valence-electron chi connectivity index (χ0n) is 12.7. The van der Waals surface area contributed by atoms with Crippen molar-refractivity contribution in [1.82, 2.24) is 9.80 Å². The Kier molecular flexibility index (Phi) is 5.01. The maximum absolute atomic E-state index is 12.1. The summed E-state index contributed by atoms with van der Waals surface area (Å²) < 4.78 is 0. The molecule has 0 atom stereocenters. The third-order valence-corrected chi connectivity index (χ3v) is 3.99. The normalized spacial score (nSPS) is 19.8. The average Bonchev–Trinajstić information content (AvgIpc) is 2.49. The van der Waals surface area contributed by atoms with Crippen LogP contribution < -0.4 is 5.32 Å². The number of likely N-dealkylation sites (tertiary alicyclic amines) is 1. The number of fused-ring (bicyclic) bond motifs is 1. The summed E-state index contributed by atoms with van der Waals surface area (Å²) in [6.45, 7) is 6.91. The van der Waals surface area contributed by atoms with E-state index in [1.54, 1.807) is 0 Å². The second-order valence-corrected chi connectivity index (χ2v) is 5.25. The Morgan fingerprint density at radius 3 is 2.50 bits per heavy atom. The number of rotatable bonds is 1. The van der Waals surface area contributed by atoms with Crippen LogP contribution in [0.15, 0.2) is 24.3 Å². The van der Waals surface area contributed by atoms with Crippen molar-refractivity contribution in [2.45, 2.75) is 39.3 Å². The molecule has 0 radical (unpaired) electrons. The third-order valence-electron chi connectivity index (χ3n) is 3.99. The first-order valence-corrected chi connectivity index (χ1v) is 7.58. The van der Waals surface area contributed by atoms with E-state index >= 15 is 0 Å². The van der Waals surface area contributed by atoms with E-state index in [2.05, 4.69) is 23.3 Å². The largest absolute Gasteiger partial charge is 0.322 e. The van der Waals surface area contributed by atoms with Gasteiger partial charge in [0.2, 0.25) is 0 Å². The second kappa shape index (κ2) is 6.75. The fourth-order valence-electron chi connectivity index (χ4n) is 2.82. The van der Waals surface area contributed by atoms with Crippen molar-refractivity contribution in [2.24, 2.45) is 0 Å². The lowest BCUT2D eigenvalue weighted by Gasteiger charge is -2.39. The molecule has 0 bridgehead atoms. The summed E-state index contributed by atoms with van der Waals surface area (Å²) in [5.41, 5.74) is 2.18. The fourth-order valence-corrected chi connectivity index (χ4v) is 2.82. The highest BCUT2D eigenvalue weighted by Gasteiger charge is 2.30. The lowest BCUT2D eigenvalue weighted by molar-refractivity contribution is 0.133. The minimum absolute atomic E-state index is 0.0586. The minimum Gasteiger partial charge on any atom is -0.317 e. The highest BCUT2D eigenvalue weighted by atomic mass is 16.2. The quantitative estimate of drug-likeness (QED) is 0.854. The molecule has 4 nitrogen and oxygen atoms in total. The van der Waals surface area contributed by atoms with E-state index in [9.17, 15) is 4.79 Å². The van der Waals surface area contributed by atoms with Crippen LogP contribution in [0.5, 0.6) is 0 Å². The zero-order chi connectivity index (χ0) is 14.5. The Bertz CT molecular complexity index is 453. The van der Waals surface area contributed by atoms with Gasteiger partial charge in [-0.25, -0.2) is 4.79 Å². The van der Waals surface area contributed by atoms with E-state index in [0.29, 0.717) is 6.04 Å². The molecule has 0 unspecified atom stereocenters. The van der Waals surface area contributed by atoms with Gasteiger partial charge >= 0.3 is 6.03 Å². The molecular formula is C16H25N3O. The van der Waals surface area contributed by atoms with E-state index in [-0.39, 0.29) is 6.03 Å². The van der Waals surface area contributed by atoms with Gasteiger partial charge in [0, 0.05) is 18.3 Å². The Balaban J connectivity index is 0.000000704. The van der Waals surface area contributed by atoms with Crippen molar-refractivity contribution in [1.29, 1.82) is 0 Å². The summed E-state index contributed by atoms with van der Waals surface area (Å²) in [4.78, 5) is 16.5. The van der Waals surface area contributed by atoms with Gasteiger partial charge in [0.05, 0.1) is 0 Å². The first-order chi connectivity index (χ1) is 9.74. The standard InChI is InChI=1S/C14H19N3O.C2H6/c1-16-8-6-12(7-9-16)17-10-11-4-2-3-5-13(11)15-14(17)18;1-2/h2-5,12H,6-10H2,1H3,(H,15,18);1-2H3. The predicted octanol–water partition coefficient (Wildman–Crippen LogP) is 3.15. The number of carbonyl (C=O) groups is 1. The summed E-state index contributed by atoms with van der Waals surface area (Å²) in [6.07, 6.45) is 2.15. The Labute approximate surface area is 121 Å². The summed E-state index contributed by atoms with van der Waals surface area (Å²) in [7, 11) is 2.14. The molecule has 2 amide bonds. The Morgan fingerprint density at radius 2 is 1.80 bits per heavy atom. The molecule has 4 heteroatoms. The van der Waals surface area contributed by atoms with Gasteiger partial charge in [-0.1, -0.05) is 32.0 Å². The molecule has 0 aromatic heterocycles. The summed E-state index contributed by atoms with van der Waals surface area (Å²) in [6, 6.07) is 8.50. The number of urea groups is 1. The molecule has 2 aliphatic heterocycles. The van der Waals surface area contributed by atoms with Gasteiger partial charge < -0.3 is 15.1 Å². The average molecular weight is 275 g/mol. The van der Waals surface area contributed by atoms with Crippen molar-refractivity contribution < 1.29 is 4.79 Å². The Morgan fingerprint density at radius 1 is 1.15 bits per heavy atom. The van der Waals surface area contributed by atoms with E-state index in [1.807, 2.05) is 36.9 Å². The molecule has 0 saturated carbocycles. The number of nitrogens with zero attached hydrogens (tertiary/aromatic N) is 2. The van der Waals surface area contributed by atoms with Crippen molar-refractivity contribution in [3.05, 3.63) is 29.8 Å². The highest BCUT2D eigenvalue weighted by molar-refractivity contribution is 5.92. The van der Waals surface area contributed by atoms with Gasteiger partial charge in [0.25, 0.3) is 0 Å². The molecule has 1 aromatic rings. The van der Waals surface area contributed by atoms with Gasteiger partial charge in [-0.2, -0.15) is 0 Å². The molecule has 1 N–H and O–H groups in total. The van der Waals surface area contributed by atoms with E-state index in [1.165, 1.54) is 5.56 Å². The number of amides is 2. The summed E-state index contributed by atoms with van der Waals surface area (Å²) in [5, 5.41) is 2.99. The molecule has 2 heterocycles. The van der Waals surface area contributed by atoms with Gasteiger partial charge in [-0.3, -0.25) is 0 Å². The van der Waals surface area contributed by atoms with E-state index in [4.69, 9.17) is 0 Å². The number of hydrogen-bond donors (Lipinski definition) is 1. The maximum atomic E-state index is 12.1. The Hall–Kier alpha value is -1.55. The van der Waals surface area contributed by atoms with Crippen LogP contribution >= 0.6 is 0 Å². The molecule has 3 rings (SSSR count). The van der Waals surface area contributed by atoms with Gasteiger partial charge in [0.1, 0.15) is 0 Å². The van der Waals surface area contributed by atoms with Crippen LogP contribution in [0.25, 0.3) is 0 Å². The van der Waals surface area contributed by atoms with Crippen LogP contribution in [0, 0.1) is 0 Å². The minimum atomic E-state index is 0.0586. The first-order valence-electron chi connectivity index (χ1n) is 7.58. The van der Waals surface area contributed by atoms with Crippen LogP contribution in [0.4, 0.5) is 10.5 Å². The van der Waals surface area contributed by atoms with Crippen molar-refractivity contribution in [3.63, 3.8) is 0 Å². The predicted molar refractivity (Wildman–Crippen MR) is 82.9 cm³/mol. The molecule has 0 aliphatic carbocycles. The van der Waals surface area contributed by atoms with E-state index < -0.39 is 0 Å². The second-order valence-electron chi connectivity index (χ2n) is 5.25. The number of benzene rings is 1. The number of piperidine rings is 1. The lowest BCUT2D eigenvalue weighted by Crippen LogP contribution is -2.49. The maximum Gasteiger partial charge on any atom is 0.322 e. The molecule has 1 saturated heterocycles. The molecule has 110 valence electrons. The van der Waals surface area contributed by atoms with Crippen LogP contribution in [0.1, 0.15) is 32.3 Å². The van der Waals surface area contributed by atoms with Crippen LogP contribution in [0.2, 0.25) is 0 Å². The molecule has 1 aromatic carbocycles. The molecule has 2 aliphatic rings. The number of anilines is 1. The first kappa shape index (κ1) is 14.9. The van der Waals surface area contributed by atoms with E-state index in [0.717, 1.165) is 38.2 Å². The summed E-state index contributed by atoms with van der Waals surface area (Å²) >= 11 is 0. The highest BCUT2D eigenvalue weighted by Crippen LogP contribution is 2.27. The fraction of sp³-hybridized carbons (Fsp3) is 0.562. The van der Waals surface area contributed by atoms with Gasteiger partial charge in [0.15, 0.2) is 0 Å². The molecule has 1 fully saturated rings. The zero-order valence-corrected chi connectivity index (χ0v) is 12.7. The van der Waals surface area contributed by atoms with Gasteiger partial charge in [-0.15, -0.1) is 0 Å². The lowest BCUT2D eigenvalue weighted by atomic mass is 10.0. The third kappa shape index (κ3) is 3.12. The smallest absolute Gasteiger partial charge is 0.317 e. The topological polar surface area (TPSA) is 35.6 Å². The monoisotopic (exact) mass is 275 g/mol. The van der Waals surface area contributed by atoms with Crippen molar-refractivity contribution >= 4 is 11.7 Å². The molecular weight excluding hydrogens is 250 g/mol. The van der Waals surface area contributed by atoms with Crippen LogP contribution in [-0.4, -0.2) is 42.0 Å². The SMILES string of the molecule is CC.CN1CCC(N2Cc3ccccc3NC2=O)CC1. The van der Waals surface area contributed by atoms with Crippen molar-refractivity contribution in [3.8, 4) is 0 Å². The van der Waals surface area contributed by atoms with Crippen LogP contribution in [0.3, 0.4) is 0 Å². The number of para-hydroxylation sites is 1. The van der Waals surface area contributed by atoms with Crippen molar-refractivity contribution in [2.75, 3.05) is 25.5 Å². The van der Waals surface area contributed by atoms with Gasteiger partial charge in [-0.05, 0) is 44.6 Å². The molecule has 20 heavy (non-hydrogen) atoms. The van der Waals surface area contributed by atoms with Crippen LogP contribution in [-0.2, 0) is 6.54 Å². The number of nitrogens with one attached hydrogen (secondary N) is 1.